The SMILES string of the molecule is c1ccc(-c2cc(-c3ccccc3)cc(-c3ccc(N(c4ccc(-c5cc(-c6ccccc6)cc(-c6ccccc6)c5)cc4)c4cccc(C5Cc6ccccc6-c6c5c5ccccc5n6-c5ccccc5)c4)cc3)c2)cc1. The Morgan fingerprint density at radius 3 is 1.17 bits per heavy atom. The topological polar surface area (TPSA) is 8.17 Å². The summed E-state index contributed by atoms with van der Waals surface area (Å²) in [6.07, 6.45) is 0.902. The summed E-state index contributed by atoms with van der Waals surface area (Å²) in [5, 5.41) is 1.29. The molecular weight excluding hydrogens is 941 g/mol. The van der Waals surface area contributed by atoms with E-state index in [0.717, 1.165) is 34.6 Å². The van der Waals surface area contributed by atoms with Crippen LogP contribution in [0.1, 0.15) is 22.6 Å². The summed E-state index contributed by atoms with van der Waals surface area (Å²) in [7, 11) is 0. The number of rotatable bonds is 11. The lowest BCUT2D eigenvalue weighted by Crippen LogP contribution is -2.15. The molecule has 1 aliphatic rings. The summed E-state index contributed by atoms with van der Waals surface area (Å²) in [6, 6.07) is 113. The Morgan fingerprint density at radius 2 is 0.692 bits per heavy atom. The second-order valence-corrected chi connectivity index (χ2v) is 20.5. The molecule has 0 bridgehead atoms. The van der Waals surface area contributed by atoms with Crippen molar-refractivity contribution in [2.45, 2.75) is 12.3 Å². The third-order valence-electron chi connectivity index (χ3n) is 15.7. The molecule has 12 aromatic carbocycles. The van der Waals surface area contributed by atoms with Gasteiger partial charge in [-0.15, -0.1) is 0 Å². The van der Waals surface area contributed by atoms with Crippen LogP contribution in [0.15, 0.2) is 309 Å². The van der Waals surface area contributed by atoms with Gasteiger partial charge in [-0.25, -0.2) is 0 Å². The highest BCUT2D eigenvalue weighted by molar-refractivity contribution is 5.97. The van der Waals surface area contributed by atoms with E-state index in [1.165, 1.54) is 100 Å². The Hall–Kier alpha value is -10.0. The summed E-state index contributed by atoms with van der Waals surface area (Å²) >= 11 is 0. The van der Waals surface area contributed by atoms with Gasteiger partial charge in [-0.3, -0.25) is 0 Å². The summed E-state index contributed by atoms with van der Waals surface area (Å²) in [6.45, 7) is 0. The van der Waals surface area contributed by atoms with Gasteiger partial charge in [0.25, 0.3) is 0 Å². The van der Waals surface area contributed by atoms with E-state index in [0.29, 0.717) is 0 Å². The van der Waals surface area contributed by atoms with Gasteiger partial charge in [0.2, 0.25) is 0 Å². The number of hydrogen-bond acceptors (Lipinski definition) is 1. The zero-order chi connectivity index (χ0) is 51.8. The van der Waals surface area contributed by atoms with E-state index in [2.05, 4.69) is 319 Å². The van der Waals surface area contributed by atoms with Gasteiger partial charge in [-0.1, -0.05) is 218 Å². The normalized spacial score (nSPS) is 12.7. The van der Waals surface area contributed by atoms with E-state index >= 15 is 0 Å². The first-order valence-corrected chi connectivity index (χ1v) is 27.1. The number of benzene rings is 12. The Kier molecular flexibility index (Phi) is 12.1. The van der Waals surface area contributed by atoms with Gasteiger partial charge in [0.1, 0.15) is 0 Å². The zero-order valence-corrected chi connectivity index (χ0v) is 43.1. The van der Waals surface area contributed by atoms with E-state index in [4.69, 9.17) is 0 Å². The van der Waals surface area contributed by atoms with Crippen LogP contribution in [0, 0.1) is 0 Å². The maximum Gasteiger partial charge on any atom is 0.0582 e. The highest BCUT2D eigenvalue weighted by Gasteiger charge is 2.33. The Labute approximate surface area is 457 Å². The Morgan fingerprint density at radius 1 is 0.295 bits per heavy atom. The summed E-state index contributed by atoms with van der Waals surface area (Å²) in [5.41, 5.74) is 26.5. The van der Waals surface area contributed by atoms with E-state index < -0.39 is 0 Å². The molecule has 0 fully saturated rings. The molecule has 0 aliphatic heterocycles. The first-order chi connectivity index (χ1) is 38.7. The lowest BCUT2D eigenvalue weighted by molar-refractivity contribution is 0.795. The van der Waals surface area contributed by atoms with Crippen molar-refractivity contribution in [3.05, 3.63) is 326 Å². The number of fused-ring (bicyclic) bond motifs is 5. The molecule has 1 heterocycles. The van der Waals surface area contributed by atoms with Crippen molar-refractivity contribution in [3.8, 4) is 83.7 Å². The average molecular weight is 995 g/mol. The molecule has 0 saturated carbocycles. The summed E-state index contributed by atoms with van der Waals surface area (Å²) in [4.78, 5) is 2.44. The standard InChI is InChI=1S/C76H54N2/c1-6-21-53(22-7-1)61-45-62(54-23-8-2-9-24-54)48-65(47-61)57-37-41-68(42-38-57)77(69-43-39-58(40-44-69)66-49-63(55-25-10-3-11-26-55)46-64(50-66)56-27-12-4-13-28-56)70-33-20-30-59(51-70)73-52-60-29-16-17-34-71(60)76-75(73)72-35-18-19-36-74(72)78(76)67-31-14-5-15-32-67/h1-51,73H,52H2. The second-order valence-electron chi connectivity index (χ2n) is 20.5. The molecule has 1 aliphatic carbocycles. The molecule has 1 atom stereocenters. The fourth-order valence-electron chi connectivity index (χ4n) is 12.0. The highest BCUT2D eigenvalue weighted by Crippen LogP contribution is 2.50. The van der Waals surface area contributed by atoms with Crippen LogP contribution in [0.4, 0.5) is 17.1 Å². The molecule has 0 saturated heterocycles. The quantitative estimate of drug-likeness (QED) is 0.125. The van der Waals surface area contributed by atoms with Crippen LogP contribution in [0.3, 0.4) is 0 Å². The lowest BCUT2D eigenvalue weighted by atomic mass is 9.77. The summed E-state index contributed by atoms with van der Waals surface area (Å²) in [5.74, 6) is 0.114. The number of anilines is 3. The molecular formula is C76H54N2. The molecule has 0 N–H and O–H groups in total. The molecule has 0 radical (unpaired) electrons. The van der Waals surface area contributed by atoms with Gasteiger partial charge in [0, 0.05) is 39.6 Å². The van der Waals surface area contributed by atoms with Gasteiger partial charge in [0.15, 0.2) is 0 Å². The predicted octanol–water partition coefficient (Wildman–Crippen LogP) is 20.5. The highest BCUT2D eigenvalue weighted by atomic mass is 15.1. The van der Waals surface area contributed by atoms with Gasteiger partial charge in [-0.2, -0.15) is 0 Å². The van der Waals surface area contributed by atoms with E-state index in [9.17, 15) is 0 Å². The molecule has 1 unspecified atom stereocenters. The third-order valence-corrected chi connectivity index (χ3v) is 15.7. The number of para-hydroxylation sites is 2. The predicted molar refractivity (Wildman–Crippen MR) is 328 cm³/mol. The maximum atomic E-state index is 2.49. The van der Waals surface area contributed by atoms with Crippen LogP contribution >= 0.6 is 0 Å². The van der Waals surface area contributed by atoms with Crippen molar-refractivity contribution in [2.24, 2.45) is 0 Å². The average Bonchev–Trinajstić information content (AvgIpc) is 3.96. The number of hydrogen-bond donors (Lipinski definition) is 0. The van der Waals surface area contributed by atoms with Crippen molar-refractivity contribution in [1.82, 2.24) is 4.57 Å². The maximum absolute atomic E-state index is 2.49. The smallest absolute Gasteiger partial charge is 0.0582 e. The van der Waals surface area contributed by atoms with Crippen molar-refractivity contribution in [2.75, 3.05) is 4.90 Å². The van der Waals surface area contributed by atoms with E-state index in [-0.39, 0.29) is 5.92 Å². The second kappa shape index (κ2) is 20.3. The van der Waals surface area contributed by atoms with Crippen LogP contribution in [0.2, 0.25) is 0 Å². The van der Waals surface area contributed by atoms with Gasteiger partial charge in [-0.05, 0) is 181 Å². The molecule has 2 heteroatoms. The molecule has 0 spiro atoms. The Balaban J connectivity index is 0.906. The molecule has 2 nitrogen and oxygen atoms in total. The van der Waals surface area contributed by atoms with E-state index in [1.807, 2.05) is 0 Å². The summed E-state index contributed by atoms with van der Waals surface area (Å²) < 4.78 is 2.49. The largest absolute Gasteiger partial charge is 0.310 e. The van der Waals surface area contributed by atoms with Crippen LogP contribution < -0.4 is 4.90 Å². The van der Waals surface area contributed by atoms with Crippen LogP contribution in [0.5, 0.6) is 0 Å². The Bertz CT molecular complexity index is 3950. The van der Waals surface area contributed by atoms with Gasteiger partial charge < -0.3 is 9.47 Å². The van der Waals surface area contributed by atoms with Crippen LogP contribution in [0.25, 0.3) is 94.6 Å². The van der Waals surface area contributed by atoms with Gasteiger partial charge in [0.05, 0.1) is 11.2 Å². The van der Waals surface area contributed by atoms with Crippen molar-refractivity contribution in [1.29, 1.82) is 0 Å². The first-order valence-electron chi connectivity index (χ1n) is 27.1. The van der Waals surface area contributed by atoms with Gasteiger partial charge >= 0.3 is 0 Å². The molecule has 14 rings (SSSR count). The zero-order valence-electron chi connectivity index (χ0n) is 43.1. The fraction of sp³-hybridized carbons (Fsp3) is 0.0263. The molecule has 368 valence electrons. The van der Waals surface area contributed by atoms with Crippen molar-refractivity contribution >= 4 is 28.0 Å². The number of aromatic nitrogens is 1. The van der Waals surface area contributed by atoms with Crippen LogP contribution in [-0.4, -0.2) is 4.57 Å². The van der Waals surface area contributed by atoms with Crippen molar-refractivity contribution in [3.63, 3.8) is 0 Å². The lowest BCUT2D eigenvalue weighted by Gasteiger charge is -2.30. The third kappa shape index (κ3) is 8.79. The monoisotopic (exact) mass is 994 g/mol. The van der Waals surface area contributed by atoms with E-state index in [1.54, 1.807) is 0 Å². The minimum atomic E-state index is 0.114. The minimum absolute atomic E-state index is 0.114. The molecule has 1 aromatic heterocycles. The van der Waals surface area contributed by atoms with Crippen molar-refractivity contribution < 1.29 is 0 Å². The molecule has 0 amide bonds. The van der Waals surface area contributed by atoms with Crippen LogP contribution in [-0.2, 0) is 6.42 Å². The molecule has 13 aromatic rings. The minimum Gasteiger partial charge on any atom is -0.310 e. The molecule has 78 heavy (non-hydrogen) atoms. The number of nitrogens with zero attached hydrogens (tertiary/aromatic N) is 2. The fourth-order valence-corrected chi connectivity index (χ4v) is 12.0. The first kappa shape index (κ1) is 46.5.